The van der Waals surface area contributed by atoms with Gasteiger partial charge in [0.15, 0.2) is 0 Å². The van der Waals surface area contributed by atoms with Gasteiger partial charge in [-0.25, -0.2) is 9.78 Å². The smallest absolute Gasteiger partial charge is 0.315 e. The SMILES string of the molecule is CCC(O)(CC)CNC(=O)NC(c1ncc(C)s1)C1CC1. The fourth-order valence-electron chi connectivity index (χ4n) is 2.26. The van der Waals surface area contributed by atoms with Crippen molar-refractivity contribution in [1.29, 1.82) is 0 Å². The Balaban J connectivity index is 1.90. The van der Waals surface area contributed by atoms with Crippen LogP contribution in [0.15, 0.2) is 6.20 Å². The van der Waals surface area contributed by atoms with Crippen LogP contribution in [0.25, 0.3) is 0 Å². The lowest BCUT2D eigenvalue weighted by molar-refractivity contribution is 0.0348. The molecule has 2 amide bonds. The third-order valence-corrected chi connectivity index (χ3v) is 5.18. The minimum absolute atomic E-state index is 0.0000425. The predicted molar refractivity (Wildman–Crippen MR) is 84.4 cm³/mol. The number of thiazole rings is 1. The highest BCUT2D eigenvalue weighted by molar-refractivity contribution is 7.11. The lowest BCUT2D eigenvalue weighted by atomic mass is 9.98. The van der Waals surface area contributed by atoms with Gasteiger partial charge < -0.3 is 15.7 Å². The van der Waals surface area contributed by atoms with Gasteiger partial charge in [-0.15, -0.1) is 11.3 Å². The first-order valence-electron chi connectivity index (χ1n) is 7.66. The van der Waals surface area contributed by atoms with E-state index in [0.29, 0.717) is 18.8 Å². The molecule has 2 rings (SSSR count). The second kappa shape index (κ2) is 6.75. The molecular formula is C15H25N3O2S. The van der Waals surface area contributed by atoms with Gasteiger partial charge in [0.25, 0.3) is 0 Å². The van der Waals surface area contributed by atoms with Crippen molar-refractivity contribution in [2.75, 3.05) is 6.54 Å². The lowest BCUT2D eigenvalue weighted by Crippen LogP contribution is -2.46. The summed E-state index contributed by atoms with van der Waals surface area (Å²) in [6.07, 6.45) is 5.37. The molecule has 0 aliphatic heterocycles. The first-order valence-corrected chi connectivity index (χ1v) is 8.48. The van der Waals surface area contributed by atoms with Crippen LogP contribution in [-0.4, -0.2) is 28.3 Å². The van der Waals surface area contributed by atoms with Crippen molar-refractivity contribution in [1.82, 2.24) is 15.6 Å². The third-order valence-electron chi connectivity index (χ3n) is 4.18. The lowest BCUT2D eigenvalue weighted by Gasteiger charge is -2.26. The summed E-state index contributed by atoms with van der Waals surface area (Å²) in [5.41, 5.74) is -0.815. The molecule has 3 N–H and O–H groups in total. The van der Waals surface area contributed by atoms with Crippen LogP contribution in [0.1, 0.15) is 55.5 Å². The first-order chi connectivity index (χ1) is 9.97. The number of amides is 2. The summed E-state index contributed by atoms with van der Waals surface area (Å²) >= 11 is 1.64. The Labute approximate surface area is 130 Å². The second-order valence-corrected chi connectivity index (χ2v) is 7.15. The Kier molecular flexibility index (Phi) is 5.22. The maximum Gasteiger partial charge on any atom is 0.315 e. The van der Waals surface area contributed by atoms with Gasteiger partial charge in [-0.3, -0.25) is 0 Å². The summed E-state index contributed by atoms with van der Waals surface area (Å²) in [5.74, 6) is 0.498. The molecule has 1 unspecified atom stereocenters. The molecule has 6 heteroatoms. The number of rotatable bonds is 7. The predicted octanol–water partition coefficient (Wildman–Crippen LogP) is 2.75. The number of aryl methyl sites for hydroxylation is 1. The molecule has 1 fully saturated rings. The topological polar surface area (TPSA) is 74.2 Å². The van der Waals surface area contributed by atoms with Gasteiger partial charge >= 0.3 is 6.03 Å². The zero-order valence-corrected chi connectivity index (χ0v) is 13.8. The molecule has 1 heterocycles. The highest BCUT2D eigenvalue weighted by Crippen LogP contribution is 2.41. The van der Waals surface area contributed by atoms with E-state index < -0.39 is 5.60 Å². The van der Waals surface area contributed by atoms with E-state index in [2.05, 4.69) is 15.6 Å². The monoisotopic (exact) mass is 311 g/mol. The summed E-state index contributed by atoms with van der Waals surface area (Å²) < 4.78 is 0. The van der Waals surface area contributed by atoms with Gasteiger partial charge in [-0.05, 0) is 38.5 Å². The van der Waals surface area contributed by atoms with Crippen LogP contribution in [-0.2, 0) is 0 Å². The Morgan fingerprint density at radius 2 is 2.19 bits per heavy atom. The van der Waals surface area contributed by atoms with Gasteiger partial charge in [-0.1, -0.05) is 13.8 Å². The summed E-state index contributed by atoms with van der Waals surface area (Å²) in [7, 11) is 0. The highest BCUT2D eigenvalue weighted by Gasteiger charge is 2.35. The molecule has 0 spiro atoms. The molecule has 21 heavy (non-hydrogen) atoms. The molecule has 0 saturated heterocycles. The van der Waals surface area contributed by atoms with Crippen LogP contribution in [0.2, 0.25) is 0 Å². The number of carbonyl (C=O) groups excluding carboxylic acids is 1. The Morgan fingerprint density at radius 3 is 2.67 bits per heavy atom. The molecule has 1 aromatic heterocycles. The molecule has 1 saturated carbocycles. The highest BCUT2D eigenvalue weighted by atomic mass is 32.1. The minimum atomic E-state index is -0.815. The fraction of sp³-hybridized carbons (Fsp3) is 0.733. The van der Waals surface area contributed by atoms with Crippen LogP contribution >= 0.6 is 11.3 Å². The molecule has 0 radical (unpaired) electrons. The summed E-state index contributed by atoms with van der Waals surface area (Å²) in [4.78, 5) is 17.6. The normalized spacial score (nSPS) is 16.6. The van der Waals surface area contributed by atoms with E-state index in [1.807, 2.05) is 27.0 Å². The number of hydrogen-bond acceptors (Lipinski definition) is 4. The number of carbonyl (C=O) groups is 1. The average Bonchev–Trinajstić information content (AvgIpc) is 3.23. The van der Waals surface area contributed by atoms with Crippen LogP contribution in [0.3, 0.4) is 0 Å². The number of aliphatic hydroxyl groups is 1. The number of nitrogens with one attached hydrogen (secondary N) is 2. The molecule has 5 nitrogen and oxygen atoms in total. The zero-order chi connectivity index (χ0) is 15.5. The van der Waals surface area contributed by atoms with Crippen molar-refractivity contribution in [3.8, 4) is 0 Å². The van der Waals surface area contributed by atoms with Gasteiger partial charge in [0.05, 0.1) is 11.6 Å². The van der Waals surface area contributed by atoms with Crippen molar-refractivity contribution in [2.24, 2.45) is 5.92 Å². The Bertz CT molecular complexity index is 481. The summed E-state index contributed by atoms with van der Waals surface area (Å²) in [6.45, 7) is 6.15. The van der Waals surface area contributed by atoms with Crippen LogP contribution in [0.5, 0.6) is 0 Å². The van der Waals surface area contributed by atoms with E-state index in [9.17, 15) is 9.90 Å². The molecule has 1 atom stereocenters. The minimum Gasteiger partial charge on any atom is -0.388 e. The number of aromatic nitrogens is 1. The molecule has 0 aromatic carbocycles. The second-order valence-electron chi connectivity index (χ2n) is 5.88. The fourth-order valence-corrected chi connectivity index (χ4v) is 3.18. The van der Waals surface area contributed by atoms with Crippen LogP contribution < -0.4 is 10.6 Å². The van der Waals surface area contributed by atoms with E-state index in [1.165, 1.54) is 0 Å². The zero-order valence-electron chi connectivity index (χ0n) is 13.0. The Morgan fingerprint density at radius 1 is 1.52 bits per heavy atom. The van der Waals surface area contributed by atoms with Crippen molar-refractivity contribution in [3.63, 3.8) is 0 Å². The maximum atomic E-state index is 12.1. The van der Waals surface area contributed by atoms with Crippen molar-refractivity contribution in [2.45, 2.75) is 58.1 Å². The van der Waals surface area contributed by atoms with E-state index in [0.717, 1.165) is 22.7 Å². The number of urea groups is 1. The summed E-state index contributed by atoms with van der Waals surface area (Å²) in [5, 5.41) is 17.0. The summed E-state index contributed by atoms with van der Waals surface area (Å²) in [6, 6.07) is -0.222. The molecule has 1 aromatic rings. The van der Waals surface area contributed by atoms with E-state index in [1.54, 1.807) is 11.3 Å². The van der Waals surface area contributed by atoms with Crippen LogP contribution in [0.4, 0.5) is 4.79 Å². The van der Waals surface area contributed by atoms with Crippen molar-refractivity contribution < 1.29 is 9.90 Å². The largest absolute Gasteiger partial charge is 0.388 e. The molecule has 1 aliphatic rings. The van der Waals surface area contributed by atoms with E-state index >= 15 is 0 Å². The quantitative estimate of drug-likeness (QED) is 0.725. The van der Waals surface area contributed by atoms with Crippen molar-refractivity contribution >= 4 is 17.4 Å². The molecule has 0 bridgehead atoms. The van der Waals surface area contributed by atoms with Gasteiger partial charge in [0.1, 0.15) is 5.01 Å². The number of nitrogens with zero attached hydrogens (tertiary/aromatic N) is 1. The average molecular weight is 311 g/mol. The van der Waals surface area contributed by atoms with Gasteiger partial charge in [0.2, 0.25) is 0 Å². The standard InChI is InChI=1S/C15H25N3O2S/c1-4-15(20,5-2)9-17-14(19)18-12(11-6-7-11)13-16-8-10(3)21-13/h8,11-12,20H,4-7,9H2,1-3H3,(H2,17,18,19). The van der Waals surface area contributed by atoms with Gasteiger partial charge in [-0.2, -0.15) is 0 Å². The maximum absolute atomic E-state index is 12.1. The molecule has 118 valence electrons. The molecular weight excluding hydrogens is 286 g/mol. The van der Waals surface area contributed by atoms with Crippen LogP contribution in [0, 0.1) is 12.8 Å². The van der Waals surface area contributed by atoms with E-state index in [-0.39, 0.29) is 18.6 Å². The first kappa shape index (κ1) is 16.2. The number of hydrogen-bond donors (Lipinski definition) is 3. The van der Waals surface area contributed by atoms with E-state index in [4.69, 9.17) is 0 Å². The van der Waals surface area contributed by atoms with Crippen molar-refractivity contribution in [3.05, 3.63) is 16.1 Å². The van der Waals surface area contributed by atoms with Gasteiger partial charge in [0, 0.05) is 17.6 Å². The Hall–Kier alpha value is -1.14. The third kappa shape index (κ3) is 4.41. The molecule has 1 aliphatic carbocycles.